The molecular weight excluding hydrogens is 637 g/mol. The zero-order valence-electron chi connectivity index (χ0n) is 29.7. The predicted molar refractivity (Wildman–Crippen MR) is 194 cm³/mol. The van der Waals surface area contributed by atoms with Gasteiger partial charge in [0.15, 0.2) is 0 Å². The lowest BCUT2D eigenvalue weighted by molar-refractivity contribution is -0.137. The molecule has 0 amide bonds. The molecule has 1 N–H and O–H groups in total. The number of nitrogens with zero attached hydrogens (tertiary/aromatic N) is 3. The molecule has 268 valence electrons. The van der Waals surface area contributed by atoms with Gasteiger partial charge >= 0.3 is 6.18 Å². The maximum absolute atomic E-state index is 13.4. The van der Waals surface area contributed by atoms with Gasteiger partial charge in [-0.3, -0.25) is 14.6 Å². The number of carbonyl (C=O) groups is 1. The van der Waals surface area contributed by atoms with Gasteiger partial charge in [0, 0.05) is 92.9 Å². The van der Waals surface area contributed by atoms with Crippen LogP contribution in [0.2, 0.25) is 0 Å². The molecule has 0 bridgehead atoms. The first-order valence-corrected chi connectivity index (χ1v) is 18.3. The molecule has 3 aromatic carbocycles. The summed E-state index contributed by atoms with van der Waals surface area (Å²) in [7, 11) is 0. The largest absolute Gasteiger partial charge is 0.490 e. The third kappa shape index (κ3) is 9.16. The molecule has 2 saturated heterocycles. The second kappa shape index (κ2) is 16.1. The Hall–Kier alpha value is -3.66. The molecular formula is C41H51F3N4O2. The van der Waals surface area contributed by atoms with Gasteiger partial charge in [0.1, 0.15) is 11.5 Å². The standard InChI is InChI=1S/C41H51F3N4O2/c1-29(2)50-40-12-5-4-10-35(40)37-28-48(16-7-6-11-39(49)33-9-8-15-45-25-33)38-14-13-31(24-36(37)38)26-46-17-19-47(20-18-46)27-32-21-30(3)22-34(23-32)41(42,43)44/h4-5,10,12-14,21-24,28-29,33,45H,6-9,11,15-20,25-27H2,1-3H3. The fraction of sp³-hybridized carbons (Fsp3) is 0.488. The van der Waals surface area contributed by atoms with Crippen molar-refractivity contribution in [2.75, 3.05) is 39.3 Å². The number of benzene rings is 3. The fourth-order valence-corrected chi connectivity index (χ4v) is 7.54. The SMILES string of the molecule is Cc1cc(CN2CCN(Cc3ccc4c(c3)c(-c3ccccc3OC(C)C)cn4CCCCC(=O)C3CCCNC3)CC2)cc(C(F)(F)F)c1. The van der Waals surface area contributed by atoms with Crippen LogP contribution in [0.3, 0.4) is 0 Å². The molecule has 1 atom stereocenters. The van der Waals surface area contributed by atoms with Crippen LogP contribution < -0.4 is 10.1 Å². The van der Waals surface area contributed by atoms with E-state index in [1.54, 1.807) is 6.92 Å². The number of piperazine rings is 1. The molecule has 3 heterocycles. The number of aryl methyl sites for hydroxylation is 2. The van der Waals surface area contributed by atoms with Crippen molar-refractivity contribution in [1.29, 1.82) is 0 Å². The molecule has 6 rings (SSSR count). The smallest absolute Gasteiger partial charge is 0.416 e. The van der Waals surface area contributed by atoms with E-state index < -0.39 is 11.7 Å². The van der Waals surface area contributed by atoms with Gasteiger partial charge in [-0.2, -0.15) is 13.2 Å². The average molecular weight is 689 g/mol. The number of ketones is 1. The van der Waals surface area contributed by atoms with E-state index in [2.05, 4.69) is 56.2 Å². The van der Waals surface area contributed by atoms with E-state index in [9.17, 15) is 18.0 Å². The summed E-state index contributed by atoms with van der Waals surface area (Å²) in [4.78, 5) is 17.5. The maximum atomic E-state index is 13.4. The number of alkyl halides is 3. The van der Waals surface area contributed by atoms with Crippen molar-refractivity contribution in [2.24, 2.45) is 5.92 Å². The monoisotopic (exact) mass is 688 g/mol. The molecule has 6 nitrogen and oxygen atoms in total. The van der Waals surface area contributed by atoms with Crippen LogP contribution in [0.15, 0.2) is 66.9 Å². The predicted octanol–water partition coefficient (Wildman–Crippen LogP) is 8.48. The number of hydrogen-bond donors (Lipinski definition) is 1. The zero-order chi connectivity index (χ0) is 35.3. The Morgan fingerprint density at radius 1 is 0.920 bits per heavy atom. The van der Waals surface area contributed by atoms with Crippen molar-refractivity contribution in [3.8, 4) is 16.9 Å². The minimum absolute atomic E-state index is 0.0493. The summed E-state index contributed by atoms with van der Waals surface area (Å²) in [6.07, 6.45) is 2.51. The zero-order valence-corrected chi connectivity index (χ0v) is 29.7. The lowest BCUT2D eigenvalue weighted by Crippen LogP contribution is -2.45. The van der Waals surface area contributed by atoms with E-state index in [0.29, 0.717) is 29.9 Å². The van der Waals surface area contributed by atoms with Crippen LogP contribution in [0.4, 0.5) is 13.2 Å². The number of hydrogen-bond acceptors (Lipinski definition) is 5. The number of piperidine rings is 1. The van der Waals surface area contributed by atoms with E-state index in [0.717, 1.165) is 94.9 Å². The van der Waals surface area contributed by atoms with Crippen LogP contribution in [0, 0.1) is 12.8 Å². The van der Waals surface area contributed by atoms with E-state index in [-0.39, 0.29) is 12.0 Å². The van der Waals surface area contributed by atoms with Gasteiger partial charge in [0.25, 0.3) is 0 Å². The molecule has 1 unspecified atom stereocenters. The van der Waals surface area contributed by atoms with Crippen LogP contribution in [0.1, 0.15) is 68.2 Å². The third-order valence-corrected chi connectivity index (χ3v) is 10.1. The Balaban J connectivity index is 1.15. The maximum Gasteiger partial charge on any atom is 0.416 e. The Labute approximate surface area is 294 Å². The first-order chi connectivity index (χ1) is 24.0. The topological polar surface area (TPSA) is 49.7 Å². The minimum Gasteiger partial charge on any atom is -0.490 e. The Morgan fingerprint density at radius 3 is 2.36 bits per heavy atom. The lowest BCUT2D eigenvalue weighted by atomic mass is 9.92. The molecule has 0 saturated carbocycles. The first kappa shape index (κ1) is 36.1. The fourth-order valence-electron chi connectivity index (χ4n) is 7.54. The highest BCUT2D eigenvalue weighted by atomic mass is 19.4. The molecule has 2 aliphatic rings. The van der Waals surface area contributed by atoms with Crippen molar-refractivity contribution >= 4 is 16.7 Å². The van der Waals surface area contributed by atoms with Gasteiger partial charge in [-0.15, -0.1) is 0 Å². The number of halogens is 3. The van der Waals surface area contributed by atoms with Crippen LogP contribution in [0.25, 0.3) is 22.0 Å². The second-order valence-electron chi connectivity index (χ2n) is 14.5. The van der Waals surface area contributed by atoms with Crippen molar-refractivity contribution in [3.63, 3.8) is 0 Å². The molecule has 50 heavy (non-hydrogen) atoms. The number of ether oxygens (including phenoxy) is 1. The normalized spacial score (nSPS) is 17.9. The van der Waals surface area contributed by atoms with Crippen LogP contribution in [0.5, 0.6) is 5.75 Å². The molecule has 0 aliphatic carbocycles. The molecule has 2 fully saturated rings. The molecule has 4 aromatic rings. The highest BCUT2D eigenvalue weighted by Gasteiger charge is 2.31. The summed E-state index contributed by atoms with van der Waals surface area (Å²) in [5.74, 6) is 1.43. The Bertz CT molecular complexity index is 1750. The molecule has 1 aromatic heterocycles. The highest BCUT2D eigenvalue weighted by molar-refractivity contribution is 5.98. The second-order valence-corrected chi connectivity index (χ2v) is 14.5. The lowest BCUT2D eigenvalue weighted by Gasteiger charge is -2.35. The summed E-state index contributed by atoms with van der Waals surface area (Å²) in [6, 6.07) is 19.4. The highest BCUT2D eigenvalue weighted by Crippen LogP contribution is 2.38. The van der Waals surface area contributed by atoms with Crippen LogP contribution in [-0.2, 0) is 30.6 Å². The molecule has 0 spiro atoms. The van der Waals surface area contributed by atoms with E-state index in [1.807, 2.05) is 32.0 Å². The van der Waals surface area contributed by atoms with Gasteiger partial charge in [0.05, 0.1) is 11.7 Å². The van der Waals surface area contributed by atoms with Gasteiger partial charge in [-0.25, -0.2) is 0 Å². The number of rotatable bonds is 13. The Kier molecular flexibility index (Phi) is 11.7. The van der Waals surface area contributed by atoms with E-state index in [4.69, 9.17) is 4.74 Å². The van der Waals surface area contributed by atoms with Gasteiger partial charge in [0.2, 0.25) is 0 Å². The number of para-hydroxylation sites is 1. The quantitative estimate of drug-likeness (QED) is 0.143. The number of fused-ring (bicyclic) bond motifs is 1. The van der Waals surface area contributed by atoms with Crippen molar-refractivity contribution in [1.82, 2.24) is 19.7 Å². The van der Waals surface area contributed by atoms with Crippen molar-refractivity contribution in [2.45, 2.75) is 84.8 Å². The van der Waals surface area contributed by atoms with E-state index in [1.165, 1.54) is 28.6 Å². The Morgan fingerprint density at radius 2 is 1.66 bits per heavy atom. The summed E-state index contributed by atoms with van der Waals surface area (Å²) < 4.78 is 48.8. The third-order valence-electron chi connectivity index (χ3n) is 10.1. The summed E-state index contributed by atoms with van der Waals surface area (Å²) in [5.41, 5.74) is 5.39. The molecule has 2 aliphatic heterocycles. The van der Waals surface area contributed by atoms with Crippen molar-refractivity contribution < 1.29 is 22.7 Å². The van der Waals surface area contributed by atoms with Crippen LogP contribution in [-0.4, -0.2) is 65.5 Å². The number of unbranched alkanes of at least 4 members (excludes halogenated alkanes) is 1. The number of nitrogens with one attached hydrogen (secondary N) is 1. The first-order valence-electron chi connectivity index (χ1n) is 18.3. The summed E-state index contributed by atoms with van der Waals surface area (Å²) in [5, 5.41) is 4.55. The average Bonchev–Trinajstić information content (AvgIpc) is 3.44. The molecule has 0 radical (unpaired) electrons. The van der Waals surface area contributed by atoms with Gasteiger partial charge in [-0.1, -0.05) is 35.9 Å². The number of Topliss-reactive ketones (excluding diaryl/α,β-unsaturated/α-hetero) is 1. The number of carbonyl (C=O) groups excluding carboxylic acids is 1. The van der Waals surface area contributed by atoms with E-state index >= 15 is 0 Å². The summed E-state index contributed by atoms with van der Waals surface area (Å²) >= 11 is 0. The summed E-state index contributed by atoms with van der Waals surface area (Å²) in [6.45, 7) is 13.1. The van der Waals surface area contributed by atoms with Gasteiger partial charge < -0.3 is 14.6 Å². The number of aromatic nitrogens is 1. The van der Waals surface area contributed by atoms with Crippen LogP contribution >= 0.6 is 0 Å². The van der Waals surface area contributed by atoms with Gasteiger partial charge in [-0.05, 0) is 94.5 Å². The van der Waals surface area contributed by atoms with Crippen molar-refractivity contribution in [3.05, 3.63) is 89.1 Å². The minimum atomic E-state index is -4.34. The molecule has 9 heteroatoms.